The largest absolute Gasteiger partial charge is 0.335 e. The van der Waals surface area contributed by atoms with Gasteiger partial charge < -0.3 is 9.80 Å². The Morgan fingerprint density at radius 3 is 2.57 bits per heavy atom. The number of carbonyl (C=O) groups excluding carboxylic acids is 1. The first-order chi connectivity index (χ1) is 10.9. The molecule has 2 fully saturated rings. The molecule has 0 radical (unpaired) electrons. The van der Waals surface area contributed by atoms with Gasteiger partial charge in [-0.15, -0.1) is 5.10 Å². The van der Waals surface area contributed by atoms with Gasteiger partial charge in [-0.2, -0.15) is 0 Å². The van der Waals surface area contributed by atoms with Crippen molar-refractivity contribution < 1.29 is 4.79 Å². The molecule has 0 N–H and O–H groups in total. The summed E-state index contributed by atoms with van der Waals surface area (Å²) in [5.74, 6) is 1.19. The Morgan fingerprint density at radius 1 is 1.17 bits per heavy atom. The number of hydrogen-bond acceptors (Lipinski definition) is 4. The van der Waals surface area contributed by atoms with Crippen molar-refractivity contribution in [2.75, 3.05) is 32.7 Å². The molecule has 6 nitrogen and oxygen atoms in total. The molecule has 6 heteroatoms. The highest BCUT2D eigenvalue weighted by atomic mass is 16.2. The standard InChI is InChI=1S/C17H29N5O/c1-17(2,3)22-13-18-15(19-22)16(23)21-9-5-8-20(10-11-21)12-14-6-4-7-14/h13-14H,4-12H2,1-3H3. The fourth-order valence-electron chi connectivity index (χ4n) is 3.22. The van der Waals surface area contributed by atoms with Crippen molar-refractivity contribution in [3.05, 3.63) is 12.2 Å². The minimum Gasteiger partial charge on any atom is -0.335 e. The first-order valence-corrected chi connectivity index (χ1v) is 8.87. The molecule has 2 heterocycles. The summed E-state index contributed by atoms with van der Waals surface area (Å²) in [6.07, 6.45) is 6.86. The molecule has 0 spiro atoms. The van der Waals surface area contributed by atoms with Crippen molar-refractivity contribution in [1.82, 2.24) is 24.6 Å². The van der Waals surface area contributed by atoms with E-state index in [0.29, 0.717) is 5.82 Å². The minimum absolute atomic E-state index is 0.0292. The Hall–Kier alpha value is -1.43. The number of rotatable bonds is 3. The van der Waals surface area contributed by atoms with E-state index in [0.717, 1.165) is 38.5 Å². The SMILES string of the molecule is CC(C)(C)n1cnc(C(=O)N2CCCN(CC3CCC3)CC2)n1. The van der Waals surface area contributed by atoms with E-state index >= 15 is 0 Å². The first-order valence-electron chi connectivity index (χ1n) is 8.87. The van der Waals surface area contributed by atoms with Gasteiger partial charge in [-0.1, -0.05) is 6.42 Å². The van der Waals surface area contributed by atoms with E-state index < -0.39 is 0 Å². The van der Waals surface area contributed by atoms with Crippen molar-refractivity contribution >= 4 is 5.91 Å². The van der Waals surface area contributed by atoms with Gasteiger partial charge in [0.1, 0.15) is 6.33 Å². The van der Waals surface area contributed by atoms with Crippen LogP contribution >= 0.6 is 0 Å². The summed E-state index contributed by atoms with van der Waals surface area (Å²) in [6.45, 7) is 11.0. The molecule has 2 aliphatic rings. The molecule has 0 unspecified atom stereocenters. The van der Waals surface area contributed by atoms with Gasteiger partial charge in [0.15, 0.2) is 0 Å². The van der Waals surface area contributed by atoms with Crippen LogP contribution in [0.4, 0.5) is 0 Å². The van der Waals surface area contributed by atoms with Gasteiger partial charge in [0, 0.05) is 26.2 Å². The van der Waals surface area contributed by atoms with Crippen LogP contribution in [0.5, 0.6) is 0 Å². The number of carbonyl (C=O) groups is 1. The number of hydrogen-bond donors (Lipinski definition) is 0. The molecule has 1 amide bonds. The molecular weight excluding hydrogens is 290 g/mol. The van der Waals surface area contributed by atoms with Crippen LogP contribution in [0.1, 0.15) is 57.1 Å². The minimum atomic E-state index is -0.149. The fourth-order valence-corrected chi connectivity index (χ4v) is 3.22. The van der Waals surface area contributed by atoms with Crippen LogP contribution in [0, 0.1) is 5.92 Å². The quantitative estimate of drug-likeness (QED) is 0.855. The van der Waals surface area contributed by atoms with E-state index in [1.807, 2.05) is 4.90 Å². The fraction of sp³-hybridized carbons (Fsp3) is 0.824. The molecular formula is C17H29N5O. The Kier molecular flexibility index (Phi) is 4.71. The lowest BCUT2D eigenvalue weighted by Crippen LogP contribution is -2.38. The van der Waals surface area contributed by atoms with Crippen LogP contribution in [-0.2, 0) is 5.54 Å². The zero-order chi connectivity index (χ0) is 16.4. The number of nitrogens with zero attached hydrogens (tertiary/aromatic N) is 5. The van der Waals surface area contributed by atoms with Gasteiger partial charge in [0.05, 0.1) is 5.54 Å². The first kappa shape index (κ1) is 16.4. The van der Waals surface area contributed by atoms with E-state index in [1.165, 1.54) is 25.8 Å². The van der Waals surface area contributed by atoms with Crippen molar-refractivity contribution in [3.63, 3.8) is 0 Å². The summed E-state index contributed by atoms with van der Waals surface area (Å²) in [5.41, 5.74) is -0.149. The second kappa shape index (κ2) is 6.59. The molecule has 23 heavy (non-hydrogen) atoms. The van der Waals surface area contributed by atoms with Crippen LogP contribution in [-0.4, -0.2) is 63.2 Å². The highest BCUT2D eigenvalue weighted by Gasteiger charge is 2.26. The highest BCUT2D eigenvalue weighted by Crippen LogP contribution is 2.27. The Balaban J connectivity index is 1.58. The molecule has 1 aliphatic heterocycles. The predicted octanol–water partition coefficient (Wildman–Crippen LogP) is 1.98. The molecule has 1 saturated carbocycles. The molecule has 1 aromatic rings. The Labute approximate surface area is 138 Å². The molecule has 1 saturated heterocycles. The van der Waals surface area contributed by atoms with Crippen LogP contribution < -0.4 is 0 Å². The van der Waals surface area contributed by atoms with E-state index in [-0.39, 0.29) is 11.4 Å². The van der Waals surface area contributed by atoms with Gasteiger partial charge in [-0.25, -0.2) is 9.67 Å². The normalized spacial score (nSPS) is 21.1. The third-order valence-electron chi connectivity index (χ3n) is 4.99. The Morgan fingerprint density at radius 2 is 1.96 bits per heavy atom. The summed E-state index contributed by atoms with van der Waals surface area (Å²) in [7, 11) is 0. The second-order valence-corrected chi connectivity index (χ2v) is 7.93. The van der Waals surface area contributed by atoms with E-state index in [1.54, 1.807) is 11.0 Å². The van der Waals surface area contributed by atoms with Gasteiger partial charge in [-0.3, -0.25) is 4.79 Å². The summed E-state index contributed by atoms with van der Waals surface area (Å²) >= 11 is 0. The molecule has 1 aromatic heterocycles. The maximum absolute atomic E-state index is 12.7. The zero-order valence-corrected chi connectivity index (χ0v) is 14.7. The summed E-state index contributed by atoms with van der Waals surface area (Å²) in [5, 5.41) is 4.38. The summed E-state index contributed by atoms with van der Waals surface area (Å²) in [6, 6.07) is 0. The van der Waals surface area contributed by atoms with E-state index in [4.69, 9.17) is 0 Å². The monoisotopic (exact) mass is 319 g/mol. The lowest BCUT2D eigenvalue weighted by molar-refractivity contribution is 0.0746. The topological polar surface area (TPSA) is 54.3 Å². The lowest BCUT2D eigenvalue weighted by Gasteiger charge is -2.31. The van der Waals surface area contributed by atoms with Crippen molar-refractivity contribution in [2.24, 2.45) is 5.92 Å². The van der Waals surface area contributed by atoms with Crippen LogP contribution in [0.3, 0.4) is 0 Å². The predicted molar refractivity (Wildman–Crippen MR) is 89.3 cm³/mol. The van der Waals surface area contributed by atoms with Gasteiger partial charge in [-0.05, 0) is 52.5 Å². The molecule has 0 aromatic carbocycles. The van der Waals surface area contributed by atoms with Crippen molar-refractivity contribution in [3.8, 4) is 0 Å². The molecule has 1 aliphatic carbocycles. The van der Waals surface area contributed by atoms with Crippen molar-refractivity contribution in [2.45, 2.75) is 52.0 Å². The molecule has 3 rings (SSSR count). The number of aromatic nitrogens is 3. The van der Waals surface area contributed by atoms with Crippen LogP contribution in [0.15, 0.2) is 6.33 Å². The maximum Gasteiger partial charge on any atom is 0.293 e. The molecule has 0 atom stereocenters. The third kappa shape index (κ3) is 3.91. The van der Waals surface area contributed by atoms with Crippen LogP contribution in [0.25, 0.3) is 0 Å². The molecule has 128 valence electrons. The van der Waals surface area contributed by atoms with Gasteiger partial charge >= 0.3 is 0 Å². The Bertz CT molecular complexity index is 543. The zero-order valence-electron chi connectivity index (χ0n) is 14.7. The smallest absolute Gasteiger partial charge is 0.293 e. The van der Waals surface area contributed by atoms with E-state index in [2.05, 4.69) is 35.8 Å². The lowest BCUT2D eigenvalue weighted by atomic mass is 9.85. The highest BCUT2D eigenvalue weighted by molar-refractivity contribution is 5.90. The average Bonchev–Trinajstić information content (AvgIpc) is 2.83. The summed E-state index contributed by atoms with van der Waals surface area (Å²) < 4.78 is 1.76. The third-order valence-corrected chi connectivity index (χ3v) is 4.99. The van der Waals surface area contributed by atoms with Crippen molar-refractivity contribution in [1.29, 1.82) is 0 Å². The molecule has 0 bridgehead atoms. The van der Waals surface area contributed by atoms with Crippen LogP contribution in [0.2, 0.25) is 0 Å². The number of amides is 1. The summed E-state index contributed by atoms with van der Waals surface area (Å²) in [4.78, 5) is 21.3. The van der Waals surface area contributed by atoms with E-state index in [9.17, 15) is 4.79 Å². The second-order valence-electron chi connectivity index (χ2n) is 7.93. The van der Waals surface area contributed by atoms with Gasteiger partial charge in [0.2, 0.25) is 5.82 Å². The maximum atomic E-state index is 12.7. The average molecular weight is 319 g/mol. The van der Waals surface area contributed by atoms with Gasteiger partial charge in [0.25, 0.3) is 5.91 Å².